The molecule has 4 heteroatoms. The van der Waals surface area contributed by atoms with Crippen LogP contribution in [0.3, 0.4) is 0 Å². The van der Waals surface area contributed by atoms with Crippen molar-refractivity contribution in [3.63, 3.8) is 0 Å². The summed E-state index contributed by atoms with van der Waals surface area (Å²) in [5.74, 6) is -0.0494. The lowest BCUT2D eigenvalue weighted by Gasteiger charge is -2.28. The lowest BCUT2D eigenvalue weighted by molar-refractivity contribution is 0.0890. The summed E-state index contributed by atoms with van der Waals surface area (Å²) in [6.45, 7) is 10.3. The van der Waals surface area contributed by atoms with Gasteiger partial charge in [0.2, 0.25) is 0 Å². The van der Waals surface area contributed by atoms with Crippen molar-refractivity contribution in [2.45, 2.75) is 59.0 Å². The summed E-state index contributed by atoms with van der Waals surface area (Å²) < 4.78 is 1.91. The Morgan fingerprint density at radius 1 is 1.44 bits per heavy atom. The average Bonchev–Trinajstić information content (AvgIpc) is 2.71. The smallest absolute Gasteiger partial charge is 0.268 e. The zero-order valence-electron chi connectivity index (χ0n) is 12.1. The molecule has 0 aliphatic carbocycles. The van der Waals surface area contributed by atoms with E-state index in [1.54, 1.807) is 6.07 Å². The molecule has 0 bridgehead atoms. The van der Waals surface area contributed by atoms with Gasteiger partial charge in [-0.1, -0.05) is 13.8 Å². The van der Waals surface area contributed by atoms with Crippen molar-refractivity contribution in [1.82, 2.24) is 9.88 Å². The Morgan fingerprint density at radius 3 is 2.44 bits per heavy atom. The van der Waals surface area contributed by atoms with Gasteiger partial charge >= 0.3 is 0 Å². The maximum atomic E-state index is 12.3. The van der Waals surface area contributed by atoms with Crippen LogP contribution < -0.4 is 11.1 Å². The first-order valence-corrected chi connectivity index (χ1v) is 6.62. The van der Waals surface area contributed by atoms with E-state index in [9.17, 15) is 4.79 Å². The van der Waals surface area contributed by atoms with E-state index in [1.807, 2.05) is 24.6 Å². The monoisotopic (exact) mass is 251 g/mol. The number of hydrogen-bond donors (Lipinski definition) is 2. The van der Waals surface area contributed by atoms with Crippen molar-refractivity contribution in [3.05, 3.63) is 18.0 Å². The quantitative estimate of drug-likeness (QED) is 0.845. The molecule has 1 aromatic heterocycles. The number of aromatic nitrogens is 1. The first kappa shape index (κ1) is 14.6. The summed E-state index contributed by atoms with van der Waals surface area (Å²) in [5, 5.41) is 3.10. The minimum atomic E-state index is -0.155. The molecular weight excluding hydrogens is 226 g/mol. The predicted octanol–water partition coefficient (Wildman–Crippen LogP) is 2.96. The Morgan fingerprint density at radius 2 is 2.00 bits per heavy atom. The van der Waals surface area contributed by atoms with E-state index in [0.717, 1.165) is 12.8 Å². The molecule has 4 nitrogen and oxygen atoms in total. The normalized spacial score (nSPS) is 11.9. The molecule has 1 aromatic rings. The number of nitrogens with two attached hydrogens (primary N) is 1. The Kier molecular flexibility index (Phi) is 4.43. The average molecular weight is 251 g/mol. The van der Waals surface area contributed by atoms with E-state index < -0.39 is 0 Å². The number of anilines is 1. The van der Waals surface area contributed by atoms with Gasteiger partial charge < -0.3 is 15.6 Å². The highest BCUT2D eigenvalue weighted by Gasteiger charge is 2.24. The SMILES string of the molecule is CCC(C)(CC)NC(=O)c1cc(N)cn1C(C)C. The van der Waals surface area contributed by atoms with Gasteiger partial charge in [-0.05, 0) is 39.7 Å². The van der Waals surface area contributed by atoms with E-state index in [2.05, 4.69) is 26.1 Å². The molecule has 18 heavy (non-hydrogen) atoms. The second-order valence-electron chi connectivity index (χ2n) is 5.38. The summed E-state index contributed by atoms with van der Waals surface area (Å²) in [6.07, 6.45) is 3.63. The molecule has 0 fully saturated rings. The molecule has 0 aliphatic rings. The van der Waals surface area contributed by atoms with Crippen LogP contribution in [0.5, 0.6) is 0 Å². The third-order valence-electron chi connectivity index (χ3n) is 3.63. The number of nitrogen functional groups attached to an aromatic ring is 1. The third kappa shape index (κ3) is 3.06. The molecule has 0 radical (unpaired) electrons. The highest BCUT2D eigenvalue weighted by molar-refractivity contribution is 5.94. The summed E-state index contributed by atoms with van der Waals surface area (Å²) in [5.41, 5.74) is 6.89. The van der Waals surface area contributed by atoms with Gasteiger partial charge in [-0.2, -0.15) is 0 Å². The maximum Gasteiger partial charge on any atom is 0.268 e. The molecule has 1 heterocycles. The molecule has 102 valence electrons. The fourth-order valence-corrected chi connectivity index (χ4v) is 1.87. The number of carbonyl (C=O) groups excluding carboxylic acids is 1. The zero-order valence-corrected chi connectivity index (χ0v) is 12.1. The summed E-state index contributed by atoms with van der Waals surface area (Å²) in [6, 6.07) is 1.96. The number of amides is 1. The van der Waals surface area contributed by atoms with Crippen molar-refractivity contribution >= 4 is 11.6 Å². The first-order chi connectivity index (χ1) is 8.33. The van der Waals surface area contributed by atoms with Crippen molar-refractivity contribution in [2.75, 3.05) is 5.73 Å². The molecular formula is C14H25N3O. The predicted molar refractivity (Wildman–Crippen MR) is 75.7 cm³/mol. The van der Waals surface area contributed by atoms with Gasteiger partial charge in [0.05, 0.1) is 5.69 Å². The molecule has 1 rings (SSSR count). The minimum absolute atomic E-state index is 0.0494. The van der Waals surface area contributed by atoms with Gasteiger partial charge in [0, 0.05) is 17.8 Å². The van der Waals surface area contributed by atoms with E-state index in [0.29, 0.717) is 11.4 Å². The van der Waals surface area contributed by atoms with Crippen molar-refractivity contribution < 1.29 is 4.79 Å². The lowest BCUT2D eigenvalue weighted by Crippen LogP contribution is -2.45. The Hall–Kier alpha value is -1.45. The molecule has 0 unspecified atom stereocenters. The van der Waals surface area contributed by atoms with Crippen LogP contribution in [0.4, 0.5) is 5.69 Å². The highest BCUT2D eigenvalue weighted by atomic mass is 16.2. The standard InChI is InChI=1S/C14H25N3O/c1-6-14(5,7-2)16-13(18)12-8-11(15)9-17(12)10(3)4/h8-10H,6-7,15H2,1-5H3,(H,16,18). The number of nitrogens with zero attached hydrogens (tertiary/aromatic N) is 1. The molecule has 3 N–H and O–H groups in total. The highest BCUT2D eigenvalue weighted by Crippen LogP contribution is 2.19. The molecule has 0 atom stereocenters. The van der Waals surface area contributed by atoms with Crippen molar-refractivity contribution in [1.29, 1.82) is 0 Å². The van der Waals surface area contributed by atoms with Crippen LogP contribution in [0.15, 0.2) is 12.3 Å². The van der Waals surface area contributed by atoms with Crippen LogP contribution in [0.1, 0.15) is 64.0 Å². The summed E-state index contributed by atoms with van der Waals surface area (Å²) in [7, 11) is 0. The van der Waals surface area contributed by atoms with Crippen LogP contribution in [-0.2, 0) is 0 Å². The van der Waals surface area contributed by atoms with E-state index in [1.165, 1.54) is 0 Å². The third-order valence-corrected chi connectivity index (χ3v) is 3.63. The summed E-state index contributed by atoms with van der Waals surface area (Å²) in [4.78, 5) is 12.3. The first-order valence-electron chi connectivity index (χ1n) is 6.62. The second kappa shape index (κ2) is 5.46. The molecule has 0 aliphatic heterocycles. The number of nitrogens with one attached hydrogen (secondary N) is 1. The number of carbonyl (C=O) groups is 1. The largest absolute Gasteiger partial charge is 0.397 e. The van der Waals surface area contributed by atoms with Gasteiger partial charge in [-0.25, -0.2) is 0 Å². The zero-order chi connectivity index (χ0) is 13.9. The maximum absolute atomic E-state index is 12.3. The van der Waals surface area contributed by atoms with Gasteiger partial charge in [0.25, 0.3) is 5.91 Å². The number of rotatable bonds is 5. The van der Waals surface area contributed by atoms with E-state index in [-0.39, 0.29) is 17.5 Å². The molecule has 0 aromatic carbocycles. The molecule has 1 amide bonds. The minimum Gasteiger partial charge on any atom is -0.397 e. The van der Waals surface area contributed by atoms with Crippen LogP contribution in [0, 0.1) is 0 Å². The topological polar surface area (TPSA) is 60.1 Å². The van der Waals surface area contributed by atoms with Crippen LogP contribution in [0.2, 0.25) is 0 Å². The van der Waals surface area contributed by atoms with Crippen molar-refractivity contribution in [2.24, 2.45) is 0 Å². The van der Waals surface area contributed by atoms with Crippen LogP contribution >= 0.6 is 0 Å². The van der Waals surface area contributed by atoms with Gasteiger partial charge in [0.15, 0.2) is 0 Å². The van der Waals surface area contributed by atoms with E-state index in [4.69, 9.17) is 5.73 Å². The Balaban J connectivity index is 2.97. The van der Waals surface area contributed by atoms with Gasteiger partial charge in [-0.15, -0.1) is 0 Å². The summed E-state index contributed by atoms with van der Waals surface area (Å²) >= 11 is 0. The fourth-order valence-electron chi connectivity index (χ4n) is 1.87. The van der Waals surface area contributed by atoms with Crippen molar-refractivity contribution in [3.8, 4) is 0 Å². The van der Waals surface area contributed by atoms with Gasteiger partial charge in [0.1, 0.15) is 5.69 Å². The Bertz CT molecular complexity index is 417. The molecule has 0 saturated carbocycles. The van der Waals surface area contributed by atoms with Crippen LogP contribution in [-0.4, -0.2) is 16.0 Å². The number of hydrogen-bond acceptors (Lipinski definition) is 2. The Labute approximate surface area is 110 Å². The van der Waals surface area contributed by atoms with Crippen LogP contribution in [0.25, 0.3) is 0 Å². The van der Waals surface area contributed by atoms with Gasteiger partial charge in [-0.3, -0.25) is 4.79 Å². The van der Waals surface area contributed by atoms with E-state index >= 15 is 0 Å². The molecule has 0 spiro atoms. The second-order valence-corrected chi connectivity index (χ2v) is 5.38. The molecule has 0 saturated heterocycles. The fraction of sp³-hybridized carbons (Fsp3) is 0.643. The lowest BCUT2D eigenvalue weighted by atomic mass is 9.95.